The van der Waals surface area contributed by atoms with Crippen molar-refractivity contribution in [2.24, 2.45) is 0 Å². The Morgan fingerprint density at radius 3 is 2.65 bits per heavy atom. The van der Waals surface area contributed by atoms with Crippen LogP contribution >= 0.6 is 0 Å². The van der Waals surface area contributed by atoms with E-state index in [-0.39, 0.29) is 11.8 Å². The molecule has 224 valence electrons. The van der Waals surface area contributed by atoms with E-state index in [4.69, 9.17) is 14.7 Å². The van der Waals surface area contributed by atoms with Crippen LogP contribution in [0.5, 0.6) is 0 Å². The van der Waals surface area contributed by atoms with Gasteiger partial charge in [0.25, 0.3) is 5.91 Å². The largest absolute Gasteiger partial charge is 0.368 e. The van der Waals surface area contributed by atoms with Crippen LogP contribution in [0.3, 0.4) is 0 Å². The maximum Gasteiger partial charge on any atom is 0.252 e. The highest BCUT2D eigenvalue weighted by Gasteiger charge is 2.43. The number of carbonyl (C=O) groups is 1. The summed E-state index contributed by atoms with van der Waals surface area (Å²) in [6.07, 6.45) is 9.57. The van der Waals surface area contributed by atoms with Crippen LogP contribution in [-0.4, -0.2) is 68.3 Å². The van der Waals surface area contributed by atoms with Gasteiger partial charge >= 0.3 is 0 Å². The number of hydrogen-bond acceptors (Lipinski definition) is 10. The zero-order valence-corrected chi connectivity index (χ0v) is 24.4. The fraction of sp³-hybridized carbons (Fsp3) is 0.429. The third-order valence-corrected chi connectivity index (χ3v) is 7.92. The zero-order chi connectivity index (χ0) is 30.1. The van der Waals surface area contributed by atoms with Crippen LogP contribution in [0.1, 0.15) is 68.7 Å². The monoisotopic (exact) mass is 588 g/mol. The second-order valence-corrected chi connectivity index (χ2v) is 10.8. The van der Waals surface area contributed by atoms with Crippen molar-refractivity contribution in [3.05, 3.63) is 60.1 Å². The molecule has 5 aromatic rings. The standard InChI is InChI=1S/C28H33FN12O2/c1-5-40-15-20-25(34-22-10-16(2)37-38-22)35-24(36-26(20)39-40)18-6-8-28(43-4,9-7-18)27(42)33-17(3)21-12-31-23(13-30-21)41-14-19(29)11-32-41/h10-15,17-18H,5-9H2,1-4H3,(H,33,42)(H2,34,35,36,37,38,39)/t17-,18?,28?/m0/s1. The van der Waals surface area contributed by atoms with Crippen LogP contribution in [0.15, 0.2) is 37.1 Å². The molecule has 0 aromatic carbocycles. The van der Waals surface area contributed by atoms with Crippen molar-refractivity contribution in [3.8, 4) is 5.82 Å². The molecule has 1 atom stereocenters. The Hall–Kier alpha value is -4.79. The average Bonchev–Trinajstić information content (AvgIpc) is 3.76. The number of fused-ring (bicyclic) bond motifs is 1. The van der Waals surface area contributed by atoms with E-state index in [1.165, 1.54) is 17.1 Å². The molecule has 1 saturated carbocycles. The Labute approximate surface area is 246 Å². The topological polar surface area (TPSA) is 166 Å². The minimum absolute atomic E-state index is 0.0247. The molecular weight excluding hydrogens is 555 g/mol. The van der Waals surface area contributed by atoms with Gasteiger partial charge in [0, 0.05) is 37.5 Å². The number of aryl methyl sites for hydroxylation is 2. The number of nitrogens with zero attached hydrogens (tertiary/aromatic N) is 9. The van der Waals surface area contributed by atoms with Crippen LogP contribution < -0.4 is 10.6 Å². The van der Waals surface area contributed by atoms with E-state index in [1.807, 2.05) is 37.7 Å². The number of ether oxygens (including phenoxy) is 1. The summed E-state index contributed by atoms with van der Waals surface area (Å²) >= 11 is 0. The van der Waals surface area contributed by atoms with E-state index in [1.54, 1.807) is 13.3 Å². The first-order valence-corrected chi connectivity index (χ1v) is 14.2. The molecular formula is C28H33FN12O2. The molecule has 1 fully saturated rings. The Morgan fingerprint density at radius 1 is 1.21 bits per heavy atom. The molecule has 1 aliphatic rings. The summed E-state index contributed by atoms with van der Waals surface area (Å²) < 4.78 is 22.3. The average molecular weight is 589 g/mol. The molecule has 0 bridgehead atoms. The van der Waals surface area contributed by atoms with E-state index in [0.29, 0.717) is 66.8 Å². The van der Waals surface area contributed by atoms with Crippen molar-refractivity contribution in [2.75, 3.05) is 12.4 Å². The van der Waals surface area contributed by atoms with E-state index < -0.39 is 17.5 Å². The SMILES string of the molecule is CCn1cc2c(Nc3cc(C)[nH]n3)nc(C3CCC(OC)(C(=O)N[C@@H](C)c4cnc(-n5cc(F)cn5)cn4)CC3)nc2n1. The van der Waals surface area contributed by atoms with Crippen LogP contribution in [0, 0.1) is 12.7 Å². The summed E-state index contributed by atoms with van der Waals surface area (Å²) in [7, 11) is 1.57. The highest BCUT2D eigenvalue weighted by molar-refractivity contribution is 5.88. The number of aromatic amines is 1. The Kier molecular flexibility index (Phi) is 7.56. The lowest BCUT2D eigenvalue weighted by molar-refractivity contribution is -0.148. The van der Waals surface area contributed by atoms with Gasteiger partial charge in [0.1, 0.15) is 17.2 Å². The first-order chi connectivity index (χ1) is 20.8. The highest BCUT2D eigenvalue weighted by Crippen LogP contribution is 2.40. The number of methoxy groups -OCH3 is 1. The third-order valence-electron chi connectivity index (χ3n) is 7.92. The number of amides is 1. The minimum atomic E-state index is -0.994. The molecule has 5 aromatic heterocycles. The Morgan fingerprint density at radius 2 is 2.02 bits per heavy atom. The predicted octanol–water partition coefficient (Wildman–Crippen LogP) is 3.66. The number of anilines is 2. The summed E-state index contributed by atoms with van der Waals surface area (Å²) in [5.74, 6) is 1.70. The lowest BCUT2D eigenvalue weighted by Crippen LogP contribution is -2.51. The van der Waals surface area contributed by atoms with Crippen molar-refractivity contribution in [3.63, 3.8) is 0 Å². The summed E-state index contributed by atoms with van der Waals surface area (Å²) in [5.41, 5.74) is 1.11. The number of halogens is 1. The van der Waals surface area contributed by atoms with Crippen molar-refractivity contribution >= 4 is 28.6 Å². The van der Waals surface area contributed by atoms with Gasteiger partial charge in [-0.2, -0.15) is 15.3 Å². The first kappa shape index (κ1) is 28.3. The van der Waals surface area contributed by atoms with Crippen molar-refractivity contribution in [1.29, 1.82) is 0 Å². The van der Waals surface area contributed by atoms with Gasteiger partial charge in [-0.15, -0.1) is 0 Å². The van der Waals surface area contributed by atoms with E-state index >= 15 is 0 Å². The Bertz CT molecular complexity index is 1740. The summed E-state index contributed by atoms with van der Waals surface area (Å²) in [4.78, 5) is 32.0. The molecule has 0 spiro atoms. The Balaban J connectivity index is 1.15. The summed E-state index contributed by atoms with van der Waals surface area (Å²) in [6.45, 7) is 6.50. The first-order valence-electron chi connectivity index (χ1n) is 14.2. The maximum atomic E-state index is 13.5. The molecule has 1 amide bonds. The van der Waals surface area contributed by atoms with Gasteiger partial charge in [-0.05, 0) is 46.5 Å². The van der Waals surface area contributed by atoms with Gasteiger partial charge in [0.05, 0.1) is 41.9 Å². The smallest absolute Gasteiger partial charge is 0.252 e. The van der Waals surface area contributed by atoms with Gasteiger partial charge < -0.3 is 15.4 Å². The molecule has 1 aliphatic carbocycles. The molecule has 0 saturated heterocycles. The van der Waals surface area contributed by atoms with Gasteiger partial charge in [0.15, 0.2) is 23.1 Å². The zero-order valence-electron chi connectivity index (χ0n) is 24.4. The van der Waals surface area contributed by atoms with Crippen LogP contribution in [-0.2, 0) is 16.1 Å². The van der Waals surface area contributed by atoms with E-state index in [9.17, 15) is 9.18 Å². The van der Waals surface area contributed by atoms with Crippen molar-refractivity contribution in [2.45, 2.75) is 70.6 Å². The van der Waals surface area contributed by atoms with Crippen molar-refractivity contribution in [1.82, 2.24) is 55.0 Å². The number of nitrogens with one attached hydrogen (secondary N) is 3. The van der Waals surface area contributed by atoms with Gasteiger partial charge in [-0.1, -0.05) is 0 Å². The van der Waals surface area contributed by atoms with Crippen LogP contribution in [0.2, 0.25) is 0 Å². The number of H-pyrrole nitrogens is 1. The molecule has 14 nitrogen and oxygen atoms in total. The summed E-state index contributed by atoms with van der Waals surface area (Å²) in [6, 6.07) is 1.48. The lowest BCUT2D eigenvalue weighted by atomic mass is 9.77. The van der Waals surface area contributed by atoms with Crippen LogP contribution in [0.25, 0.3) is 16.9 Å². The van der Waals surface area contributed by atoms with Gasteiger partial charge in [-0.3, -0.25) is 19.6 Å². The summed E-state index contributed by atoms with van der Waals surface area (Å²) in [5, 5.41) is 22.9. The van der Waals surface area contributed by atoms with Crippen molar-refractivity contribution < 1.29 is 13.9 Å². The fourth-order valence-corrected chi connectivity index (χ4v) is 5.38. The molecule has 0 radical (unpaired) electrons. The van der Waals surface area contributed by atoms with Gasteiger partial charge in [-0.25, -0.2) is 24.0 Å². The van der Waals surface area contributed by atoms with Gasteiger partial charge in [0.2, 0.25) is 0 Å². The molecule has 3 N–H and O–H groups in total. The molecule has 0 aliphatic heterocycles. The minimum Gasteiger partial charge on any atom is -0.368 e. The van der Waals surface area contributed by atoms with E-state index in [2.05, 4.69) is 41.0 Å². The number of rotatable bonds is 9. The second-order valence-electron chi connectivity index (χ2n) is 10.8. The molecule has 6 rings (SSSR count). The van der Waals surface area contributed by atoms with E-state index in [0.717, 1.165) is 17.3 Å². The maximum absolute atomic E-state index is 13.5. The second kappa shape index (κ2) is 11.5. The highest BCUT2D eigenvalue weighted by atomic mass is 19.1. The number of hydrogen-bond donors (Lipinski definition) is 3. The number of carbonyl (C=O) groups excluding carboxylic acids is 1. The molecule has 0 unspecified atom stereocenters. The molecule has 5 heterocycles. The normalized spacial score (nSPS) is 19.4. The lowest BCUT2D eigenvalue weighted by Gasteiger charge is -2.38. The number of aromatic nitrogens is 10. The predicted molar refractivity (Wildman–Crippen MR) is 154 cm³/mol. The van der Waals surface area contributed by atoms with Crippen LogP contribution in [0.4, 0.5) is 16.0 Å². The molecule has 15 heteroatoms. The quantitative estimate of drug-likeness (QED) is 0.231. The third kappa shape index (κ3) is 5.67. The fourth-order valence-electron chi connectivity index (χ4n) is 5.38. The molecule has 43 heavy (non-hydrogen) atoms.